The van der Waals surface area contributed by atoms with Crippen LogP contribution in [0.25, 0.3) is 11.3 Å². The third kappa shape index (κ3) is 4.53. The van der Waals surface area contributed by atoms with Gasteiger partial charge in [-0.25, -0.2) is 18.7 Å². The van der Waals surface area contributed by atoms with E-state index in [1.807, 2.05) is 6.07 Å². The molecule has 1 aromatic carbocycles. The van der Waals surface area contributed by atoms with Crippen LogP contribution >= 0.6 is 0 Å². The maximum Gasteiger partial charge on any atom is 0.178 e. The first-order valence-electron chi connectivity index (χ1n) is 11.4. The topological polar surface area (TPSA) is 63.2 Å². The summed E-state index contributed by atoms with van der Waals surface area (Å²) in [5, 5.41) is 3.33. The quantitative estimate of drug-likeness (QED) is 0.635. The molecule has 3 aromatic rings. The number of fused-ring (bicyclic) bond motifs is 2. The molecule has 5 rings (SSSR count). The fourth-order valence-corrected chi connectivity index (χ4v) is 4.44. The van der Waals surface area contributed by atoms with Crippen molar-refractivity contribution >= 4 is 5.69 Å². The maximum atomic E-state index is 14.9. The predicted molar refractivity (Wildman–Crippen MR) is 122 cm³/mol. The average Bonchev–Trinajstić information content (AvgIpc) is 2.80. The van der Waals surface area contributed by atoms with Crippen LogP contribution in [0.15, 0.2) is 30.5 Å². The molecule has 0 saturated heterocycles. The summed E-state index contributed by atoms with van der Waals surface area (Å²) in [5.74, 6) is -0.0468. The van der Waals surface area contributed by atoms with Crippen LogP contribution in [-0.4, -0.2) is 41.2 Å². The van der Waals surface area contributed by atoms with Crippen molar-refractivity contribution in [3.8, 4) is 17.0 Å². The zero-order valence-corrected chi connectivity index (χ0v) is 18.9. The second-order valence-electron chi connectivity index (χ2n) is 8.99. The Morgan fingerprint density at radius 3 is 2.88 bits per heavy atom. The first kappa shape index (κ1) is 21.7. The minimum Gasteiger partial charge on any atom is -0.486 e. The van der Waals surface area contributed by atoms with Crippen LogP contribution in [-0.2, 0) is 19.4 Å². The largest absolute Gasteiger partial charge is 0.486 e. The van der Waals surface area contributed by atoms with E-state index >= 15 is 0 Å². The van der Waals surface area contributed by atoms with Crippen molar-refractivity contribution in [2.75, 3.05) is 31.1 Å². The molecule has 4 heterocycles. The Kier molecular flexibility index (Phi) is 5.93. The van der Waals surface area contributed by atoms with E-state index in [0.717, 1.165) is 43.6 Å². The molecule has 0 saturated carbocycles. The number of anilines is 1. The van der Waals surface area contributed by atoms with Crippen LogP contribution in [0.4, 0.5) is 14.5 Å². The Morgan fingerprint density at radius 1 is 1.15 bits per heavy atom. The van der Waals surface area contributed by atoms with Gasteiger partial charge in [0.05, 0.1) is 24.8 Å². The number of nitrogens with one attached hydrogen (secondary N) is 1. The lowest BCUT2D eigenvalue weighted by Gasteiger charge is -2.33. The average molecular weight is 452 g/mol. The van der Waals surface area contributed by atoms with Crippen molar-refractivity contribution in [2.24, 2.45) is 5.92 Å². The minimum absolute atomic E-state index is 0.0823. The highest BCUT2D eigenvalue weighted by Crippen LogP contribution is 2.38. The van der Waals surface area contributed by atoms with Gasteiger partial charge in [-0.15, -0.1) is 0 Å². The molecular formula is C25H27F2N5O. The Labute approximate surface area is 192 Å². The van der Waals surface area contributed by atoms with Crippen molar-refractivity contribution in [1.82, 2.24) is 20.3 Å². The molecule has 1 N–H and O–H groups in total. The Morgan fingerprint density at radius 2 is 2.03 bits per heavy atom. The zero-order valence-electron chi connectivity index (χ0n) is 18.9. The molecule has 2 aliphatic heterocycles. The van der Waals surface area contributed by atoms with E-state index in [1.165, 1.54) is 11.6 Å². The van der Waals surface area contributed by atoms with Gasteiger partial charge in [-0.3, -0.25) is 4.98 Å². The van der Waals surface area contributed by atoms with Gasteiger partial charge in [-0.2, -0.15) is 0 Å². The molecule has 2 aliphatic rings. The van der Waals surface area contributed by atoms with Gasteiger partial charge in [0, 0.05) is 43.0 Å². The molecule has 6 nitrogen and oxygen atoms in total. The van der Waals surface area contributed by atoms with E-state index < -0.39 is 11.6 Å². The molecule has 0 unspecified atom stereocenters. The summed E-state index contributed by atoms with van der Waals surface area (Å²) in [5.41, 5.74) is 4.20. The maximum absolute atomic E-state index is 14.9. The van der Waals surface area contributed by atoms with Gasteiger partial charge in [0.15, 0.2) is 17.4 Å². The third-order valence-electron chi connectivity index (χ3n) is 5.94. The van der Waals surface area contributed by atoms with Crippen molar-refractivity contribution in [3.63, 3.8) is 0 Å². The highest BCUT2D eigenvalue weighted by molar-refractivity contribution is 5.72. The van der Waals surface area contributed by atoms with E-state index in [1.54, 1.807) is 6.07 Å². The van der Waals surface area contributed by atoms with Gasteiger partial charge < -0.3 is 15.0 Å². The molecule has 0 spiro atoms. The lowest BCUT2D eigenvalue weighted by Crippen LogP contribution is -2.35. The lowest BCUT2D eigenvalue weighted by atomic mass is 10.1. The van der Waals surface area contributed by atoms with Crippen LogP contribution in [0.3, 0.4) is 0 Å². The van der Waals surface area contributed by atoms with E-state index in [4.69, 9.17) is 9.72 Å². The number of benzene rings is 1. The second-order valence-corrected chi connectivity index (χ2v) is 8.99. The SMILES string of the molecule is CC(C)CN1CCOc2c(F)cc(-c3nc(Cc4ccc5c(n4)CCNC5)ncc3F)cc21. The van der Waals surface area contributed by atoms with Crippen LogP contribution in [0, 0.1) is 17.6 Å². The van der Waals surface area contributed by atoms with E-state index in [-0.39, 0.29) is 11.4 Å². The van der Waals surface area contributed by atoms with Gasteiger partial charge in [0.1, 0.15) is 18.1 Å². The number of aromatic nitrogens is 3. The zero-order chi connectivity index (χ0) is 22.9. The number of ether oxygens (including phenoxy) is 1. The molecular weight excluding hydrogens is 424 g/mol. The normalized spacial score (nSPS) is 15.2. The number of hydrogen-bond donors (Lipinski definition) is 1. The molecule has 0 bridgehead atoms. The number of pyridine rings is 1. The minimum atomic E-state index is -0.588. The van der Waals surface area contributed by atoms with Crippen molar-refractivity contribution in [1.29, 1.82) is 0 Å². The van der Waals surface area contributed by atoms with Gasteiger partial charge >= 0.3 is 0 Å². The molecule has 0 amide bonds. The standard InChI is InChI=1S/C25H27F2N5O/c1-15(2)14-32-7-8-33-25-19(26)9-17(10-22(25)32)24-20(27)13-29-23(31-24)11-18-4-3-16-12-28-6-5-21(16)30-18/h3-4,9-10,13,15,28H,5-8,11-12,14H2,1-2H3. The first-order chi connectivity index (χ1) is 16.0. The lowest BCUT2D eigenvalue weighted by molar-refractivity contribution is 0.289. The molecule has 0 fully saturated rings. The van der Waals surface area contributed by atoms with Gasteiger partial charge in [-0.05, 0) is 29.7 Å². The summed E-state index contributed by atoms with van der Waals surface area (Å²) >= 11 is 0. The molecule has 0 radical (unpaired) electrons. The van der Waals surface area contributed by atoms with Gasteiger partial charge in [0.25, 0.3) is 0 Å². The molecule has 8 heteroatoms. The predicted octanol–water partition coefficient (Wildman–Crippen LogP) is 3.91. The molecule has 0 atom stereocenters. The van der Waals surface area contributed by atoms with Crippen LogP contribution in [0.5, 0.6) is 5.75 Å². The smallest absolute Gasteiger partial charge is 0.178 e. The van der Waals surface area contributed by atoms with Crippen molar-refractivity contribution in [3.05, 3.63) is 64.9 Å². The number of hydrogen-bond acceptors (Lipinski definition) is 6. The Balaban J connectivity index is 1.48. The van der Waals surface area contributed by atoms with Gasteiger partial charge in [0.2, 0.25) is 0 Å². The summed E-state index contributed by atoms with van der Waals surface area (Å²) in [6.07, 6.45) is 2.41. The number of rotatable bonds is 5. The summed E-state index contributed by atoms with van der Waals surface area (Å²) in [6.45, 7) is 7.78. The Bertz CT molecular complexity index is 1180. The summed E-state index contributed by atoms with van der Waals surface area (Å²) in [4.78, 5) is 15.5. The van der Waals surface area contributed by atoms with Crippen LogP contribution in [0.1, 0.15) is 36.6 Å². The molecule has 172 valence electrons. The second kappa shape index (κ2) is 9.02. The van der Waals surface area contributed by atoms with Crippen molar-refractivity contribution in [2.45, 2.75) is 33.2 Å². The molecule has 33 heavy (non-hydrogen) atoms. The highest BCUT2D eigenvalue weighted by Gasteiger charge is 2.25. The van der Waals surface area contributed by atoms with Crippen LogP contribution in [0.2, 0.25) is 0 Å². The van der Waals surface area contributed by atoms with E-state index in [0.29, 0.717) is 42.6 Å². The molecule has 2 aromatic heterocycles. The van der Waals surface area contributed by atoms with Gasteiger partial charge in [-0.1, -0.05) is 19.9 Å². The summed E-state index contributed by atoms with van der Waals surface area (Å²) < 4.78 is 35.3. The van der Waals surface area contributed by atoms with Crippen LogP contribution < -0.4 is 15.0 Å². The first-order valence-corrected chi connectivity index (χ1v) is 11.4. The van der Waals surface area contributed by atoms with Crippen molar-refractivity contribution < 1.29 is 13.5 Å². The number of nitrogens with zero attached hydrogens (tertiary/aromatic N) is 4. The van der Waals surface area contributed by atoms with E-state index in [9.17, 15) is 8.78 Å². The van der Waals surface area contributed by atoms with E-state index in [2.05, 4.69) is 40.1 Å². The Hall–Kier alpha value is -3.13. The fourth-order valence-electron chi connectivity index (χ4n) is 4.44. The number of halogens is 2. The third-order valence-corrected chi connectivity index (χ3v) is 5.94. The summed E-state index contributed by atoms with van der Waals surface area (Å²) in [6, 6.07) is 7.07. The fraction of sp³-hybridized carbons (Fsp3) is 0.400. The monoisotopic (exact) mass is 451 g/mol. The molecule has 0 aliphatic carbocycles. The summed E-state index contributed by atoms with van der Waals surface area (Å²) in [7, 11) is 0. The highest BCUT2D eigenvalue weighted by atomic mass is 19.1.